The Balaban J connectivity index is 1.63. The van der Waals surface area contributed by atoms with Crippen LogP contribution in [0.3, 0.4) is 0 Å². The maximum atomic E-state index is 13.7. The molecule has 1 aliphatic carbocycles. The number of anilines is 1. The van der Waals surface area contributed by atoms with E-state index < -0.39 is 0 Å². The van der Waals surface area contributed by atoms with Gasteiger partial charge in [-0.2, -0.15) is 0 Å². The fourth-order valence-corrected chi connectivity index (χ4v) is 4.71. The second-order valence-electron chi connectivity index (χ2n) is 10.3. The Morgan fingerprint density at radius 1 is 1.03 bits per heavy atom. The minimum absolute atomic E-state index is 0.0215. The Morgan fingerprint density at radius 3 is 2.44 bits per heavy atom. The number of hydrogen-bond donors (Lipinski definition) is 0. The lowest BCUT2D eigenvalue weighted by Gasteiger charge is -2.30. The van der Waals surface area contributed by atoms with E-state index in [0.717, 1.165) is 74.3 Å². The third-order valence-corrected chi connectivity index (χ3v) is 6.80. The van der Waals surface area contributed by atoms with E-state index in [0.29, 0.717) is 36.9 Å². The lowest BCUT2D eigenvalue weighted by molar-refractivity contribution is -0.119. The smallest absolute Gasteiger partial charge is 0.257 e. The van der Waals surface area contributed by atoms with Crippen molar-refractivity contribution in [3.05, 3.63) is 53.1 Å². The molecule has 6 heteroatoms. The van der Waals surface area contributed by atoms with Crippen LogP contribution in [-0.4, -0.2) is 39.8 Å². The summed E-state index contributed by atoms with van der Waals surface area (Å²) in [6.07, 6.45) is 9.81. The molecule has 0 saturated heterocycles. The molecular weight excluding hydrogens is 424 g/mol. The summed E-state index contributed by atoms with van der Waals surface area (Å²) in [5, 5.41) is 0. The number of aryl methyl sites for hydroxylation is 1. The number of para-hydroxylation sites is 1. The highest BCUT2D eigenvalue weighted by molar-refractivity contribution is 5.96. The maximum Gasteiger partial charge on any atom is 0.257 e. The van der Waals surface area contributed by atoms with Crippen molar-refractivity contribution in [2.75, 3.05) is 18.0 Å². The van der Waals surface area contributed by atoms with Crippen LogP contribution in [-0.2, 0) is 11.3 Å². The van der Waals surface area contributed by atoms with Crippen molar-refractivity contribution in [1.29, 1.82) is 0 Å². The maximum absolute atomic E-state index is 13.7. The van der Waals surface area contributed by atoms with Gasteiger partial charge in [0.1, 0.15) is 5.82 Å². The molecule has 0 unspecified atom stereocenters. The van der Waals surface area contributed by atoms with Gasteiger partial charge in [-0.25, -0.2) is 9.97 Å². The van der Waals surface area contributed by atoms with Crippen LogP contribution in [0.2, 0.25) is 0 Å². The van der Waals surface area contributed by atoms with E-state index in [1.165, 1.54) is 0 Å². The summed E-state index contributed by atoms with van der Waals surface area (Å²) in [7, 11) is 0. The molecule has 1 aromatic heterocycles. The standard InChI is InChI=1S/C28H38N4O2/c1-20(2)17-26(33)32-16-10-6-4-5-9-15-31(19-23-11-7-8-12-25(23)32)28(34)24-18-29-27(22-13-14-22)30-21(24)3/h7-8,11-12,18,20,22H,4-6,9-10,13-17,19H2,1-3H3. The number of amides is 2. The number of fused-ring (bicyclic) bond motifs is 1. The summed E-state index contributed by atoms with van der Waals surface area (Å²) in [5.41, 5.74) is 3.29. The molecule has 1 aromatic carbocycles. The van der Waals surface area contributed by atoms with Gasteiger partial charge >= 0.3 is 0 Å². The summed E-state index contributed by atoms with van der Waals surface area (Å²) >= 11 is 0. The number of carbonyl (C=O) groups excluding carboxylic acids is 2. The van der Waals surface area contributed by atoms with E-state index in [2.05, 4.69) is 29.9 Å². The molecule has 0 atom stereocenters. The van der Waals surface area contributed by atoms with Crippen molar-refractivity contribution < 1.29 is 9.59 Å². The first kappa shape index (κ1) is 24.4. The van der Waals surface area contributed by atoms with E-state index in [9.17, 15) is 9.59 Å². The van der Waals surface area contributed by atoms with E-state index in [4.69, 9.17) is 0 Å². The summed E-state index contributed by atoms with van der Waals surface area (Å²) in [6, 6.07) is 8.07. The van der Waals surface area contributed by atoms with Crippen LogP contribution < -0.4 is 4.90 Å². The Morgan fingerprint density at radius 2 is 1.74 bits per heavy atom. The van der Waals surface area contributed by atoms with Crippen LogP contribution in [0.5, 0.6) is 0 Å². The third kappa shape index (κ3) is 6.02. The SMILES string of the molecule is Cc1nc(C2CC2)ncc1C(=O)N1CCCCCCCN(C(=O)CC(C)C)c2ccccc2C1. The lowest BCUT2D eigenvalue weighted by Crippen LogP contribution is -2.36. The zero-order chi connectivity index (χ0) is 24.1. The topological polar surface area (TPSA) is 66.4 Å². The van der Waals surface area contributed by atoms with Gasteiger partial charge in [0.15, 0.2) is 0 Å². The Kier molecular flexibility index (Phi) is 7.96. The van der Waals surface area contributed by atoms with Crippen LogP contribution in [0.25, 0.3) is 0 Å². The van der Waals surface area contributed by atoms with Gasteiger partial charge in [-0.3, -0.25) is 9.59 Å². The second kappa shape index (κ2) is 11.1. The number of hydrogen-bond acceptors (Lipinski definition) is 4. The normalized spacial score (nSPS) is 17.6. The lowest BCUT2D eigenvalue weighted by atomic mass is 10.0. The molecule has 1 saturated carbocycles. The summed E-state index contributed by atoms with van der Waals surface area (Å²) in [4.78, 5) is 39.9. The summed E-state index contributed by atoms with van der Waals surface area (Å²) in [5.74, 6) is 1.78. The van der Waals surface area contributed by atoms with Crippen LogP contribution in [0.1, 0.15) is 98.6 Å². The summed E-state index contributed by atoms with van der Waals surface area (Å²) in [6.45, 7) is 7.98. The van der Waals surface area contributed by atoms with Crippen molar-refractivity contribution in [3.8, 4) is 0 Å². The molecule has 0 spiro atoms. The van der Waals surface area contributed by atoms with Gasteiger partial charge in [0, 0.05) is 43.9 Å². The van der Waals surface area contributed by atoms with E-state index in [1.807, 2.05) is 34.9 Å². The van der Waals surface area contributed by atoms with Crippen molar-refractivity contribution in [2.24, 2.45) is 5.92 Å². The fourth-order valence-electron chi connectivity index (χ4n) is 4.71. The van der Waals surface area contributed by atoms with Gasteiger partial charge in [0.25, 0.3) is 5.91 Å². The van der Waals surface area contributed by atoms with Crippen molar-refractivity contribution in [1.82, 2.24) is 14.9 Å². The molecule has 4 rings (SSSR count). The van der Waals surface area contributed by atoms with Gasteiger partial charge in [-0.1, -0.05) is 51.3 Å². The van der Waals surface area contributed by atoms with Crippen LogP contribution >= 0.6 is 0 Å². The number of carbonyl (C=O) groups is 2. The molecule has 182 valence electrons. The van der Waals surface area contributed by atoms with Gasteiger partial charge in [0.05, 0.1) is 11.3 Å². The minimum Gasteiger partial charge on any atom is -0.334 e. The van der Waals surface area contributed by atoms with Gasteiger partial charge in [-0.15, -0.1) is 0 Å². The highest BCUT2D eigenvalue weighted by atomic mass is 16.2. The van der Waals surface area contributed by atoms with Gasteiger partial charge < -0.3 is 9.80 Å². The molecule has 2 amide bonds. The fraction of sp³-hybridized carbons (Fsp3) is 0.571. The van der Waals surface area contributed by atoms with Crippen molar-refractivity contribution in [2.45, 2.75) is 84.6 Å². The van der Waals surface area contributed by atoms with E-state index in [-0.39, 0.29) is 11.8 Å². The zero-order valence-electron chi connectivity index (χ0n) is 20.9. The molecule has 0 N–H and O–H groups in total. The average Bonchev–Trinajstić information content (AvgIpc) is 3.64. The number of rotatable bonds is 4. The Bertz CT molecular complexity index is 1020. The first-order chi connectivity index (χ1) is 16.4. The van der Waals surface area contributed by atoms with Crippen molar-refractivity contribution >= 4 is 17.5 Å². The molecule has 34 heavy (non-hydrogen) atoms. The van der Waals surface area contributed by atoms with Gasteiger partial charge in [-0.05, 0) is 50.2 Å². The predicted octanol–water partition coefficient (Wildman–Crippen LogP) is 5.65. The van der Waals surface area contributed by atoms with Gasteiger partial charge in [0.2, 0.25) is 5.91 Å². The van der Waals surface area contributed by atoms with Crippen LogP contribution in [0.4, 0.5) is 5.69 Å². The molecule has 6 nitrogen and oxygen atoms in total. The zero-order valence-corrected chi connectivity index (χ0v) is 20.9. The average molecular weight is 463 g/mol. The number of nitrogens with zero attached hydrogens (tertiary/aromatic N) is 4. The monoisotopic (exact) mass is 462 g/mol. The first-order valence-electron chi connectivity index (χ1n) is 12.9. The Labute approximate surface area is 203 Å². The molecule has 1 aliphatic heterocycles. The van der Waals surface area contributed by atoms with Crippen molar-refractivity contribution in [3.63, 3.8) is 0 Å². The first-order valence-corrected chi connectivity index (χ1v) is 12.9. The minimum atomic E-state index is -0.0215. The predicted molar refractivity (Wildman–Crippen MR) is 135 cm³/mol. The van der Waals surface area contributed by atoms with E-state index >= 15 is 0 Å². The molecular formula is C28H38N4O2. The number of benzene rings is 1. The second-order valence-corrected chi connectivity index (χ2v) is 10.3. The van der Waals surface area contributed by atoms with E-state index in [1.54, 1.807) is 6.20 Å². The number of aromatic nitrogens is 2. The molecule has 0 bridgehead atoms. The molecule has 0 radical (unpaired) electrons. The molecule has 1 fully saturated rings. The van der Waals surface area contributed by atoms with Crippen LogP contribution in [0, 0.1) is 12.8 Å². The summed E-state index contributed by atoms with van der Waals surface area (Å²) < 4.78 is 0. The quantitative estimate of drug-likeness (QED) is 0.589. The highest BCUT2D eigenvalue weighted by Crippen LogP contribution is 2.38. The largest absolute Gasteiger partial charge is 0.334 e. The third-order valence-electron chi connectivity index (χ3n) is 6.80. The molecule has 2 aromatic rings. The molecule has 2 heterocycles. The van der Waals surface area contributed by atoms with Crippen LogP contribution in [0.15, 0.2) is 30.5 Å². The molecule has 2 aliphatic rings. The Hall–Kier alpha value is -2.76. The highest BCUT2D eigenvalue weighted by Gasteiger charge is 2.28.